The zero-order chi connectivity index (χ0) is 13.8. The lowest BCUT2D eigenvalue weighted by atomic mass is 10.1. The smallest absolute Gasteiger partial charge is 0.0553 e. The van der Waals surface area contributed by atoms with Gasteiger partial charge in [0.15, 0.2) is 0 Å². The normalized spacial score (nSPS) is 10.8. The van der Waals surface area contributed by atoms with Gasteiger partial charge in [-0.1, -0.05) is 43.3 Å². The van der Waals surface area contributed by atoms with Crippen molar-refractivity contribution in [3.63, 3.8) is 0 Å². The van der Waals surface area contributed by atoms with Gasteiger partial charge in [0.05, 0.1) is 6.54 Å². The van der Waals surface area contributed by atoms with Crippen LogP contribution in [-0.2, 0) is 13.1 Å². The molecule has 2 nitrogen and oxygen atoms in total. The van der Waals surface area contributed by atoms with Crippen molar-refractivity contribution >= 4 is 16.5 Å². The molecule has 3 aromatic rings. The van der Waals surface area contributed by atoms with Crippen LogP contribution in [0.25, 0.3) is 10.8 Å². The van der Waals surface area contributed by atoms with Crippen LogP contribution in [0.15, 0.2) is 60.8 Å². The summed E-state index contributed by atoms with van der Waals surface area (Å²) in [6.07, 6.45) is 3.32. The molecule has 1 heterocycles. The Bertz CT molecular complexity index is 692. The molecule has 3 rings (SSSR count). The number of anilines is 1. The number of hydrogen-bond donors (Lipinski definition) is 1. The molecule has 0 saturated heterocycles. The Hall–Kier alpha value is -2.22. The summed E-state index contributed by atoms with van der Waals surface area (Å²) in [5.41, 5.74) is 2.53. The molecule has 0 saturated carbocycles. The standard InChI is InChI=1S/C18H20N2/c1-2-12-20-13-6-9-16(20)14-19-18-11-5-8-15-7-3-4-10-17(15)18/h3-11,13,19H,2,12,14H2,1H3. The first kappa shape index (κ1) is 12.8. The minimum absolute atomic E-state index is 0.862. The quantitative estimate of drug-likeness (QED) is 0.709. The summed E-state index contributed by atoms with van der Waals surface area (Å²) in [5, 5.41) is 6.13. The van der Waals surface area contributed by atoms with Crippen LogP contribution in [0.1, 0.15) is 19.0 Å². The molecule has 2 aromatic carbocycles. The maximum absolute atomic E-state index is 3.57. The van der Waals surface area contributed by atoms with E-state index in [0.29, 0.717) is 0 Å². The molecule has 20 heavy (non-hydrogen) atoms. The molecule has 0 bridgehead atoms. The third-order valence-electron chi connectivity index (χ3n) is 3.64. The van der Waals surface area contributed by atoms with Crippen molar-refractivity contribution in [1.29, 1.82) is 0 Å². The highest BCUT2D eigenvalue weighted by Gasteiger charge is 2.02. The molecule has 0 aliphatic rings. The van der Waals surface area contributed by atoms with Crippen LogP contribution < -0.4 is 5.32 Å². The Labute approximate surface area is 120 Å². The lowest BCUT2D eigenvalue weighted by Gasteiger charge is -2.12. The van der Waals surface area contributed by atoms with Gasteiger partial charge in [0.2, 0.25) is 0 Å². The number of aryl methyl sites for hydroxylation is 1. The SMILES string of the molecule is CCCn1cccc1CNc1cccc2ccccc12. The fraction of sp³-hybridized carbons (Fsp3) is 0.222. The van der Waals surface area contributed by atoms with Crippen molar-refractivity contribution in [3.05, 3.63) is 66.5 Å². The summed E-state index contributed by atoms with van der Waals surface area (Å²) >= 11 is 0. The highest BCUT2D eigenvalue weighted by molar-refractivity contribution is 5.93. The number of aromatic nitrogens is 1. The molecule has 0 aliphatic carbocycles. The number of fused-ring (bicyclic) bond motifs is 1. The van der Waals surface area contributed by atoms with Gasteiger partial charge < -0.3 is 9.88 Å². The molecule has 0 fully saturated rings. The fourth-order valence-electron chi connectivity index (χ4n) is 2.63. The van der Waals surface area contributed by atoms with Gasteiger partial charge in [-0.05, 0) is 30.0 Å². The summed E-state index contributed by atoms with van der Waals surface area (Å²) < 4.78 is 2.32. The average molecular weight is 264 g/mol. The van der Waals surface area contributed by atoms with Crippen LogP contribution in [0, 0.1) is 0 Å². The Balaban J connectivity index is 1.81. The Kier molecular flexibility index (Phi) is 3.73. The summed E-state index contributed by atoms with van der Waals surface area (Å²) in [6, 6.07) is 19.2. The maximum atomic E-state index is 3.57. The Morgan fingerprint density at radius 3 is 2.70 bits per heavy atom. The third-order valence-corrected chi connectivity index (χ3v) is 3.64. The Morgan fingerprint density at radius 2 is 1.80 bits per heavy atom. The van der Waals surface area contributed by atoms with Crippen molar-refractivity contribution in [3.8, 4) is 0 Å². The van der Waals surface area contributed by atoms with Crippen LogP contribution in [0.3, 0.4) is 0 Å². The number of hydrogen-bond acceptors (Lipinski definition) is 1. The van der Waals surface area contributed by atoms with Gasteiger partial charge >= 0.3 is 0 Å². The topological polar surface area (TPSA) is 17.0 Å². The molecule has 0 atom stereocenters. The minimum atomic E-state index is 0.862. The van der Waals surface area contributed by atoms with E-state index < -0.39 is 0 Å². The van der Waals surface area contributed by atoms with Gasteiger partial charge in [-0.15, -0.1) is 0 Å². The maximum Gasteiger partial charge on any atom is 0.0553 e. The molecule has 0 spiro atoms. The van der Waals surface area contributed by atoms with E-state index in [2.05, 4.69) is 77.6 Å². The van der Waals surface area contributed by atoms with Gasteiger partial charge in [-0.3, -0.25) is 0 Å². The summed E-state index contributed by atoms with van der Waals surface area (Å²) in [7, 11) is 0. The molecule has 0 unspecified atom stereocenters. The van der Waals surface area contributed by atoms with Crippen molar-refractivity contribution in [2.45, 2.75) is 26.4 Å². The first-order chi connectivity index (χ1) is 9.88. The van der Waals surface area contributed by atoms with Crippen molar-refractivity contribution < 1.29 is 0 Å². The van der Waals surface area contributed by atoms with Crippen LogP contribution in [0.5, 0.6) is 0 Å². The molecule has 1 N–H and O–H groups in total. The number of rotatable bonds is 5. The van der Waals surface area contributed by atoms with E-state index in [1.165, 1.54) is 22.2 Å². The van der Waals surface area contributed by atoms with Crippen molar-refractivity contribution in [1.82, 2.24) is 4.57 Å². The third kappa shape index (κ3) is 2.55. The van der Waals surface area contributed by atoms with E-state index in [-0.39, 0.29) is 0 Å². The summed E-state index contributed by atoms with van der Waals surface area (Å²) in [4.78, 5) is 0. The predicted molar refractivity (Wildman–Crippen MR) is 86.0 cm³/mol. The first-order valence-corrected chi connectivity index (χ1v) is 7.24. The van der Waals surface area contributed by atoms with E-state index in [9.17, 15) is 0 Å². The van der Waals surface area contributed by atoms with Gasteiger partial charge in [0.1, 0.15) is 0 Å². The average Bonchev–Trinajstić information content (AvgIpc) is 2.93. The highest BCUT2D eigenvalue weighted by atomic mass is 15.0. The zero-order valence-electron chi connectivity index (χ0n) is 11.8. The van der Waals surface area contributed by atoms with Crippen LogP contribution in [0.4, 0.5) is 5.69 Å². The first-order valence-electron chi connectivity index (χ1n) is 7.24. The van der Waals surface area contributed by atoms with E-state index in [4.69, 9.17) is 0 Å². The monoisotopic (exact) mass is 264 g/mol. The van der Waals surface area contributed by atoms with Gasteiger partial charge in [0, 0.05) is 29.5 Å². The van der Waals surface area contributed by atoms with Gasteiger partial charge in [-0.25, -0.2) is 0 Å². The van der Waals surface area contributed by atoms with E-state index >= 15 is 0 Å². The molecule has 0 radical (unpaired) electrons. The van der Waals surface area contributed by atoms with Gasteiger partial charge in [0.25, 0.3) is 0 Å². The second-order valence-corrected chi connectivity index (χ2v) is 5.07. The van der Waals surface area contributed by atoms with Crippen LogP contribution in [-0.4, -0.2) is 4.57 Å². The van der Waals surface area contributed by atoms with Crippen LogP contribution in [0.2, 0.25) is 0 Å². The fourth-order valence-corrected chi connectivity index (χ4v) is 2.63. The molecule has 1 aromatic heterocycles. The molecular formula is C18H20N2. The molecule has 2 heteroatoms. The number of nitrogens with zero attached hydrogens (tertiary/aromatic N) is 1. The number of nitrogens with one attached hydrogen (secondary N) is 1. The molecule has 0 aliphatic heterocycles. The molecular weight excluding hydrogens is 244 g/mol. The minimum Gasteiger partial charge on any atom is -0.379 e. The number of benzene rings is 2. The van der Waals surface area contributed by atoms with Crippen molar-refractivity contribution in [2.75, 3.05) is 5.32 Å². The lowest BCUT2D eigenvalue weighted by Crippen LogP contribution is -2.07. The van der Waals surface area contributed by atoms with E-state index in [0.717, 1.165) is 19.5 Å². The lowest BCUT2D eigenvalue weighted by molar-refractivity contribution is 0.654. The Morgan fingerprint density at radius 1 is 0.950 bits per heavy atom. The van der Waals surface area contributed by atoms with Crippen molar-refractivity contribution in [2.24, 2.45) is 0 Å². The second-order valence-electron chi connectivity index (χ2n) is 5.07. The molecule has 102 valence electrons. The zero-order valence-corrected chi connectivity index (χ0v) is 11.8. The predicted octanol–water partition coefficient (Wildman–Crippen LogP) is 4.66. The van der Waals surface area contributed by atoms with E-state index in [1.807, 2.05) is 0 Å². The second kappa shape index (κ2) is 5.83. The summed E-state index contributed by atoms with van der Waals surface area (Å²) in [5.74, 6) is 0. The summed E-state index contributed by atoms with van der Waals surface area (Å²) in [6.45, 7) is 4.16. The highest BCUT2D eigenvalue weighted by Crippen LogP contribution is 2.23. The largest absolute Gasteiger partial charge is 0.379 e. The van der Waals surface area contributed by atoms with Gasteiger partial charge in [-0.2, -0.15) is 0 Å². The molecule has 0 amide bonds. The van der Waals surface area contributed by atoms with Crippen LogP contribution >= 0.6 is 0 Å². The van der Waals surface area contributed by atoms with E-state index in [1.54, 1.807) is 0 Å².